The van der Waals surface area contributed by atoms with Crippen LogP contribution in [0.4, 0.5) is 0 Å². The zero-order chi connectivity index (χ0) is 13.7. The van der Waals surface area contributed by atoms with Crippen molar-refractivity contribution in [1.82, 2.24) is 10.2 Å². The van der Waals surface area contributed by atoms with E-state index in [4.69, 9.17) is 0 Å². The highest BCUT2D eigenvalue weighted by Crippen LogP contribution is 2.22. The number of nitrogens with one attached hydrogen (secondary N) is 1. The van der Waals surface area contributed by atoms with E-state index >= 15 is 0 Å². The van der Waals surface area contributed by atoms with Gasteiger partial charge in [0.25, 0.3) is 5.91 Å². The van der Waals surface area contributed by atoms with Crippen molar-refractivity contribution in [2.75, 3.05) is 25.9 Å². The van der Waals surface area contributed by atoms with Gasteiger partial charge >= 0.3 is 0 Å². The largest absolute Gasteiger partial charge is 0.349 e. The van der Waals surface area contributed by atoms with Gasteiger partial charge in [-0.3, -0.25) is 4.79 Å². The summed E-state index contributed by atoms with van der Waals surface area (Å²) in [6.07, 6.45) is 2.09. The number of amides is 1. The molecule has 0 atom stereocenters. The fourth-order valence-electron chi connectivity index (χ4n) is 2.35. The Kier molecular flexibility index (Phi) is 5.28. The van der Waals surface area contributed by atoms with E-state index in [0.717, 1.165) is 42.1 Å². The van der Waals surface area contributed by atoms with Crippen molar-refractivity contribution >= 4 is 17.7 Å². The molecule has 1 aromatic carbocycles. The summed E-state index contributed by atoms with van der Waals surface area (Å²) in [6, 6.07) is 8.19. The molecule has 4 heteroatoms. The van der Waals surface area contributed by atoms with Crippen LogP contribution < -0.4 is 5.32 Å². The summed E-state index contributed by atoms with van der Waals surface area (Å²) in [5, 5.41) is 3.18. The molecule has 1 amide bonds. The topological polar surface area (TPSA) is 32.3 Å². The highest BCUT2D eigenvalue weighted by atomic mass is 32.2. The second-order valence-corrected chi connectivity index (χ2v) is 6.29. The van der Waals surface area contributed by atoms with Gasteiger partial charge in [-0.1, -0.05) is 19.1 Å². The molecule has 0 unspecified atom stereocenters. The van der Waals surface area contributed by atoms with Crippen LogP contribution in [0.2, 0.25) is 0 Å². The van der Waals surface area contributed by atoms with Crippen molar-refractivity contribution in [2.24, 2.45) is 0 Å². The Morgan fingerprint density at radius 2 is 2.05 bits per heavy atom. The minimum Gasteiger partial charge on any atom is -0.349 e. The summed E-state index contributed by atoms with van der Waals surface area (Å²) in [5.41, 5.74) is 0.813. The van der Waals surface area contributed by atoms with Gasteiger partial charge in [0, 0.05) is 10.9 Å². The Labute approximate surface area is 119 Å². The molecule has 19 heavy (non-hydrogen) atoms. The number of nitrogens with zero attached hydrogens (tertiary/aromatic N) is 1. The van der Waals surface area contributed by atoms with Gasteiger partial charge in [0.1, 0.15) is 0 Å². The number of rotatable bonds is 4. The molecule has 0 spiro atoms. The van der Waals surface area contributed by atoms with E-state index in [9.17, 15) is 4.79 Å². The van der Waals surface area contributed by atoms with Crippen LogP contribution in [0.3, 0.4) is 0 Å². The summed E-state index contributed by atoms with van der Waals surface area (Å²) in [7, 11) is 2.13. The van der Waals surface area contributed by atoms with Gasteiger partial charge in [0.05, 0.1) is 5.56 Å². The van der Waals surface area contributed by atoms with E-state index in [-0.39, 0.29) is 5.91 Å². The fourth-order valence-corrected chi connectivity index (χ4v) is 3.15. The lowest BCUT2D eigenvalue weighted by molar-refractivity contribution is 0.0914. The van der Waals surface area contributed by atoms with Crippen molar-refractivity contribution in [1.29, 1.82) is 0 Å². The number of hydrogen-bond donors (Lipinski definition) is 1. The summed E-state index contributed by atoms with van der Waals surface area (Å²) < 4.78 is 0. The maximum absolute atomic E-state index is 12.4. The summed E-state index contributed by atoms with van der Waals surface area (Å²) in [4.78, 5) is 15.7. The monoisotopic (exact) mass is 278 g/mol. The van der Waals surface area contributed by atoms with Crippen molar-refractivity contribution in [3.8, 4) is 0 Å². The third-order valence-corrected chi connectivity index (χ3v) is 4.44. The van der Waals surface area contributed by atoms with Crippen LogP contribution in [-0.4, -0.2) is 42.7 Å². The number of benzene rings is 1. The molecule has 1 aliphatic heterocycles. The molecule has 0 aromatic heterocycles. The molecule has 1 saturated heterocycles. The Morgan fingerprint density at radius 1 is 1.37 bits per heavy atom. The van der Waals surface area contributed by atoms with E-state index in [1.165, 1.54) is 0 Å². The van der Waals surface area contributed by atoms with Crippen molar-refractivity contribution in [3.63, 3.8) is 0 Å². The lowest BCUT2D eigenvalue weighted by Crippen LogP contribution is -2.43. The quantitative estimate of drug-likeness (QED) is 0.859. The first-order chi connectivity index (χ1) is 9.20. The van der Waals surface area contributed by atoms with Gasteiger partial charge in [-0.15, -0.1) is 11.8 Å². The molecule has 3 nitrogen and oxygen atoms in total. The van der Waals surface area contributed by atoms with Crippen molar-refractivity contribution in [3.05, 3.63) is 29.8 Å². The van der Waals surface area contributed by atoms with Gasteiger partial charge in [-0.2, -0.15) is 0 Å². The molecule has 2 rings (SSSR count). The minimum absolute atomic E-state index is 0.0751. The molecule has 1 aliphatic rings. The van der Waals surface area contributed by atoms with Gasteiger partial charge in [0.15, 0.2) is 0 Å². The summed E-state index contributed by atoms with van der Waals surface area (Å²) >= 11 is 1.72. The number of hydrogen-bond acceptors (Lipinski definition) is 3. The van der Waals surface area contributed by atoms with Crippen LogP contribution in [-0.2, 0) is 0 Å². The van der Waals surface area contributed by atoms with Gasteiger partial charge in [0.2, 0.25) is 0 Å². The molecule has 0 bridgehead atoms. The zero-order valence-corrected chi connectivity index (χ0v) is 12.5. The Hall–Kier alpha value is -1.00. The van der Waals surface area contributed by atoms with E-state index in [2.05, 4.69) is 24.2 Å². The zero-order valence-electron chi connectivity index (χ0n) is 11.7. The number of piperidine rings is 1. The third-order valence-electron chi connectivity index (χ3n) is 3.49. The van der Waals surface area contributed by atoms with Crippen LogP contribution in [0.5, 0.6) is 0 Å². The van der Waals surface area contributed by atoms with Gasteiger partial charge in [-0.25, -0.2) is 0 Å². The number of likely N-dealkylation sites (tertiary alicyclic amines) is 1. The lowest BCUT2D eigenvalue weighted by Gasteiger charge is -2.29. The molecular formula is C15H22N2OS. The molecule has 1 N–H and O–H groups in total. The van der Waals surface area contributed by atoms with E-state index in [1.807, 2.05) is 24.3 Å². The number of carbonyl (C=O) groups is 1. The molecule has 104 valence electrons. The number of thioether (sulfide) groups is 1. The average molecular weight is 278 g/mol. The molecule has 0 radical (unpaired) electrons. The molecule has 0 aliphatic carbocycles. The van der Waals surface area contributed by atoms with Crippen LogP contribution in [0, 0.1) is 0 Å². The first-order valence-electron chi connectivity index (χ1n) is 6.92. The predicted octanol–water partition coefficient (Wildman–Crippen LogP) is 2.62. The Bertz CT molecular complexity index is 428. The molecular weight excluding hydrogens is 256 g/mol. The average Bonchev–Trinajstić information content (AvgIpc) is 2.42. The number of carbonyl (C=O) groups excluding carboxylic acids is 1. The van der Waals surface area contributed by atoms with Crippen LogP contribution in [0.25, 0.3) is 0 Å². The highest BCUT2D eigenvalue weighted by Gasteiger charge is 2.20. The Morgan fingerprint density at radius 3 is 2.74 bits per heavy atom. The second-order valence-electron chi connectivity index (χ2n) is 4.98. The molecule has 1 aromatic rings. The van der Waals surface area contributed by atoms with Crippen LogP contribution >= 0.6 is 11.8 Å². The fraction of sp³-hybridized carbons (Fsp3) is 0.533. The smallest absolute Gasteiger partial charge is 0.252 e. The third kappa shape index (κ3) is 3.98. The van der Waals surface area contributed by atoms with Crippen molar-refractivity contribution in [2.45, 2.75) is 30.7 Å². The first kappa shape index (κ1) is 14.4. The first-order valence-corrected chi connectivity index (χ1v) is 7.90. The molecule has 0 saturated carbocycles. The van der Waals surface area contributed by atoms with Crippen LogP contribution in [0.1, 0.15) is 30.1 Å². The molecule has 1 fully saturated rings. The highest BCUT2D eigenvalue weighted by molar-refractivity contribution is 7.99. The Balaban J connectivity index is 1.99. The lowest BCUT2D eigenvalue weighted by atomic mass is 10.0. The van der Waals surface area contributed by atoms with E-state index in [1.54, 1.807) is 11.8 Å². The van der Waals surface area contributed by atoms with E-state index in [0.29, 0.717) is 6.04 Å². The van der Waals surface area contributed by atoms with E-state index < -0.39 is 0 Å². The van der Waals surface area contributed by atoms with Crippen molar-refractivity contribution < 1.29 is 4.79 Å². The van der Waals surface area contributed by atoms with Crippen LogP contribution in [0.15, 0.2) is 29.2 Å². The summed E-state index contributed by atoms with van der Waals surface area (Å²) in [6.45, 7) is 4.24. The SMILES string of the molecule is CCSc1ccccc1C(=O)NC1CCN(C)CC1. The second kappa shape index (κ2) is 6.96. The standard InChI is InChI=1S/C15H22N2OS/c1-3-19-14-7-5-4-6-13(14)15(18)16-12-8-10-17(2)11-9-12/h4-7,12H,3,8-11H2,1-2H3,(H,16,18). The normalized spacial score (nSPS) is 17.4. The van der Waals surface area contributed by atoms with Gasteiger partial charge in [-0.05, 0) is 50.9 Å². The maximum atomic E-state index is 12.4. The predicted molar refractivity (Wildman–Crippen MR) is 80.8 cm³/mol. The molecule has 1 heterocycles. The minimum atomic E-state index is 0.0751. The van der Waals surface area contributed by atoms with Gasteiger partial charge < -0.3 is 10.2 Å². The maximum Gasteiger partial charge on any atom is 0.252 e. The summed E-state index contributed by atoms with van der Waals surface area (Å²) in [5.74, 6) is 1.06.